The van der Waals surface area contributed by atoms with E-state index in [9.17, 15) is 17.6 Å². The van der Waals surface area contributed by atoms with Gasteiger partial charge >= 0.3 is 6.18 Å². The van der Waals surface area contributed by atoms with Gasteiger partial charge in [0.1, 0.15) is 11.4 Å². The van der Waals surface area contributed by atoms with E-state index in [-0.39, 0.29) is 29.5 Å². The molecule has 31 heavy (non-hydrogen) atoms. The van der Waals surface area contributed by atoms with Crippen molar-refractivity contribution in [1.82, 2.24) is 24.9 Å². The lowest BCUT2D eigenvalue weighted by molar-refractivity contribution is -0.141. The van der Waals surface area contributed by atoms with E-state index in [4.69, 9.17) is 4.74 Å². The van der Waals surface area contributed by atoms with Crippen LogP contribution >= 0.6 is 0 Å². The highest BCUT2D eigenvalue weighted by Crippen LogP contribution is 2.45. The molecule has 0 aromatic carbocycles. The number of nitrogens with zero attached hydrogens (tertiary/aromatic N) is 5. The fraction of sp³-hybridized carbons (Fsp3) is 0.316. The lowest BCUT2D eigenvalue weighted by Gasteiger charge is -2.12. The molecule has 3 aromatic rings. The Bertz CT molecular complexity index is 1100. The van der Waals surface area contributed by atoms with Crippen molar-refractivity contribution in [3.8, 4) is 11.5 Å². The Morgan fingerprint density at radius 3 is 2.42 bits per heavy atom. The van der Waals surface area contributed by atoms with E-state index < -0.39 is 17.8 Å². The maximum atomic E-state index is 13.1. The van der Waals surface area contributed by atoms with Gasteiger partial charge in [0.25, 0.3) is 0 Å². The van der Waals surface area contributed by atoms with Gasteiger partial charge in [-0.15, -0.1) is 0 Å². The van der Waals surface area contributed by atoms with Crippen LogP contribution in [0.1, 0.15) is 5.69 Å². The van der Waals surface area contributed by atoms with Crippen LogP contribution in [0.25, 0.3) is 11.5 Å². The van der Waals surface area contributed by atoms with Crippen molar-refractivity contribution in [2.75, 3.05) is 23.8 Å². The van der Waals surface area contributed by atoms with E-state index in [0.29, 0.717) is 30.7 Å². The van der Waals surface area contributed by atoms with Gasteiger partial charge in [0.2, 0.25) is 17.8 Å². The van der Waals surface area contributed by atoms with Crippen LogP contribution < -0.4 is 10.6 Å². The van der Waals surface area contributed by atoms with E-state index >= 15 is 0 Å². The first-order valence-electron chi connectivity index (χ1n) is 9.40. The Labute approximate surface area is 173 Å². The molecule has 0 spiro atoms. The number of fused-ring (bicyclic) bond motifs is 1. The summed E-state index contributed by atoms with van der Waals surface area (Å²) in [4.78, 5) is 20.0. The molecule has 0 bridgehead atoms. The molecule has 1 aliphatic heterocycles. The van der Waals surface area contributed by atoms with Gasteiger partial charge in [-0.25, -0.2) is 9.97 Å². The Hall–Kier alpha value is -3.41. The number of halogens is 4. The van der Waals surface area contributed by atoms with E-state index in [2.05, 4.69) is 35.6 Å². The number of hydrogen-bond acceptors (Lipinski definition) is 8. The van der Waals surface area contributed by atoms with Gasteiger partial charge < -0.3 is 15.4 Å². The lowest BCUT2D eigenvalue weighted by Crippen LogP contribution is -2.16. The zero-order valence-electron chi connectivity index (χ0n) is 15.8. The highest BCUT2D eigenvalue weighted by atomic mass is 19.4. The van der Waals surface area contributed by atoms with E-state index in [1.54, 1.807) is 0 Å². The van der Waals surface area contributed by atoms with Crippen molar-refractivity contribution in [2.24, 2.45) is 11.8 Å². The third-order valence-electron chi connectivity index (χ3n) is 5.14. The fourth-order valence-corrected chi connectivity index (χ4v) is 3.51. The molecule has 1 saturated heterocycles. The second-order valence-electron chi connectivity index (χ2n) is 7.24. The number of pyridine rings is 2. The number of nitrogens with one attached hydrogen (secondary N) is 2. The van der Waals surface area contributed by atoms with Crippen LogP contribution in [-0.4, -0.2) is 44.2 Å². The van der Waals surface area contributed by atoms with Crippen molar-refractivity contribution < 1.29 is 22.3 Å². The summed E-state index contributed by atoms with van der Waals surface area (Å²) in [6, 6.07) is 6.21. The van der Waals surface area contributed by atoms with Gasteiger partial charge in [0.05, 0.1) is 25.1 Å². The normalized spacial score (nSPS) is 22.1. The minimum atomic E-state index is -4.60. The molecule has 2 fully saturated rings. The molecular weight excluding hydrogens is 418 g/mol. The molecule has 5 rings (SSSR count). The van der Waals surface area contributed by atoms with Crippen molar-refractivity contribution in [1.29, 1.82) is 0 Å². The third kappa shape index (κ3) is 4.10. The Morgan fingerprint density at radius 1 is 0.935 bits per heavy atom. The molecule has 2 unspecified atom stereocenters. The van der Waals surface area contributed by atoms with Crippen LogP contribution in [0, 0.1) is 17.8 Å². The van der Waals surface area contributed by atoms with Gasteiger partial charge in [0, 0.05) is 17.9 Å². The number of anilines is 3. The average molecular weight is 433 g/mol. The van der Waals surface area contributed by atoms with Crippen LogP contribution in [0.3, 0.4) is 0 Å². The molecule has 3 aromatic heterocycles. The Balaban J connectivity index is 1.49. The molecule has 2 N–H and O–H groups in total. The summed E-state index contributed by atoms with van der Waals surface area (Å²) in [6.07, 6.45) is -3.35. The topological polar surface area (TPSA) is 97.7 Å². The number of ether oxygens (including phenoxy) is 1. The van der Waals surface area contributed by atoms with E-state index in [1.165, 1.54) is 24.4 Å². The van der Waals surface area contributed by atoms with Crippen molar-refractivity contribution in [3.05, 3.63) is 48.2 Å². The van der Waals surface area contributed by atoms with Crippen molar-refractivity contribution >= 4 is 17.6 Å². The van der Waals surface area contributed by atoms with Crippen LogP contribution in [0.4, 0.5) is 35.1 Å². The highest BCUT2D eigenvalue weighted by Gasteiger charge is 2.54. The molecule has 2 aliphatic rings. The van der Waals surface area contributed by atoms with Gasteiger partial charge in [0.15, 0.2) is 5.82 Å². The molecule has 2 atom stereocenters. The first kappa shape index (κ1) is 19.5. The summed E-state index contributed by atoms with van der Waals surface area (Å²) in [5, 5.41) is 6.06. The molecule has 160 valence electrons. The molecular formula is C19H15F4N7O. The largest absolute Gasteiger partial charge is 0.433 e. The quantitative estimate of drug-likeness (QED) is 0.467. The highest BCUT2D eigenvalue weighted by molar-refractivity contribution is 5.58. The van der Waals surface area contributed by atoms with Gasteiger partial charge in [-0.2, -0.15) is 32.5 Å². The summed E-state index contributed by atoms with van der Waals surface area (Å²) in [5.74, 6) is 0.265. The second kappa shape index (κ2) is 7.38. The second-order valence-corrected chi connectivity index (χ2v) is 7.24. The molecule has 8 nitrogen and oxygen atoms in total. The average Bonchev–Trinajstić information content (AvgIpc) is 3.16. The molecule has 1 saturated carbocycles. The Morgan fingerprint density at radius 2 is 1.71 bits per heavy atom. The summed E-state index contributed by atoms with van der Waals surface area (Å²) in [7, 11) is 0. The first-order chi connectivity index (χ1) is 14.9. The summed E-state index contributed by atoms with van der Waals surface area (Å²) in [5.41, 5.74) is -0.705. The number of aromatic nitrogens is 5. The van der Waals surface area contributed by atoms with Crippen LogP contribution in [0.2, 0.25) is 0 Å². The van der Waals surface area contributed by atoms with Crippen LogP contribution in [-0.2, 0) is 10.9 Å². The van der Waals surface area contributed by atoms with Gasteiger partial charge in [-0.3, -0.25) is 0 Å². The molecule has 0 amide bonds. The molecule has 0 radical (unpaired) electrons. The number of rotatable bonds is 5. The van der Waals surface area contributed by atoms with Crippen molar-refractivity contribution in [2.45, 2.75) is 12.2 Å². The van der Waals surface area contributed by atoms with E-state index in [1.807, 2.05) is 0 Å². The monoisotopic (exact) mass is 433 g/mol. The summed E-state index contributed by atoms with van der Waals surface area (Å²) < 4.78 is 57.7. The summed E-state index contributed by atoms with van der Waals surface area (Å²) in [6.45, 7) is 1.28. The molecule has 12 heteroatoms. The first-order valence-corrected chi connectivity index (χ1v) is 9.40. The SMILES string of the molecule is Fc1ccc(Nc2nc(NC3C4COCC43)nc(-c3cccc(C(F)(F)F)n3)n2)cn1. The lowest BCUT2D eigenvalue weighted by atomic mass is 10.3. The smallest absolute Gasteiger partial charge is 0.381 e. The molecule has 1 aliphatic carbocycles. The maximum Gasteiger partial charge on any atom is 0.433 e. The maximum absolute atomic E-state index is 13.1. The number of hydrogen-bond donors (Lipinski definition) is 2. The predicted molar refractivity (Wildman–Crippen MR) is 101 cm³/mol. The minimum absolute atomic E-state index is 0.0387. The van der Waals surface area contributed by atoms with Gasteiger partial charge in [-0.1, -0.05) is 6.07 Å². The minimum Gasteiger partial charge on any atom is -0.381 e. The number of alkyl halides is 3. The van der Waals surface area contributed by atoms with Crippen LogP contribution in [0.5, 0.6) is 0 Å². The zero-order valence-corrected chi connectivity index (χ0v) is 15.8. The van der Waals surface area contributed by atoms with Gasteiger partial charge in [-0.05, 0) is 24.3 Å². The predicted octanol–water partition coefficient (Wildman–Crippen LogP) is 3.29. The summed E-state index contributed by atoms with van der Waals surface area (Å²) >= 11 is 0. The fourth-order valence-electron chi connectivity index (χ4n) is 3.51. The zero-order chi connectivity index (χ0) is 21.6. The standard InChI is InChI=1S/C19H15F4N7O/c20-14-5-4-9(6-24-14)25-17-28-16(12-2-1-3-13(26-12)19(21,22)23)29-18(30-17)27-15-10-7-31-8-11(10)15/h1-6,10-11,15H,7-8H2,(H2,25,27,28,29,30). The molecule has 4 heterocycles. The third-order valence-corrected chi connectivity index (χ3v) is 5.14. The van der Waals surface area contributed by atoms with Crippen molar-refractivity contribution in [3.63, 3.8) is 0 Å². The van der Waals surface area contributed by atoms with E-state index in [0.717, 1.165) is 12.1 Å². The van der Waals surface area contributed by atoms with Crippen LogP contribution in [0.15, 0.2) is 36.5 Å². The Kier molecular flexibility index (Phi) is 4.65.